The highest BCUT2D eigenvalue weighted by atomic mass is 35.5. The third-order valence-corrected chi connectivity index (χ3v) is 3.47. The van der Waals surface area contributed by atoms with E-state index in [0.29, 0.717) is 10.6 Å². The fraction of sp³-hybridized carbons (Fsp3) is 0.538. The minimum absolute atomic E-state index is 0.0819. The minimum atomic E-state index is -1.14. The zero-order valence-corrected chi connectivity index (χ0v) is 11.2. The third kappa shape index (κ3) is 3.18. The molecule has 0 saturated heterocycles. The van der Waals surface area contributed by atoms with Crippen LogP contribution in [0.15, 0.2) is 18.2 Å². The summed E-state index contributed by atoms with van der Waals surface area (Å²) in [5.41, 5.74) is 4.49. The van der Waals surface area contributed by atoms with Crippen LogP contribution in [0.5, 0.6) is 0 Å². The number of halogens is 2. The molecular formula is C13H19ClFNO. The normalized spacial score (nSPS) is 15.7. The molecule has 96 valence electrons. The molecule has 0 aliphatic carbocycles. The average molecular weight is 260 g/mol. The summed E-state index contributed by atoms with van der Waals surface area (Å²) < 4.78 is 13.7. The van der Waals surface area contributed by atoms with Crippen LogP contribution in [0.4, 0.5) is 4.39 Å². The van der Waals surface area contributed by atoms with Gasteiger partial charge in [0.1, 0.15) is 5.82 Å². The van der Waals surface area contributed by atoms with E-state index in [1.54, 1.807) is 12.1 Å². The van der Waals surface area contributed by atoms with Crippen LogP contribution in [0.25, 0.3) is 0 Å². The standard InChI is InChI=1S/C13H19ClFNO/c1-12(2,3)13(17,8-16)7-9-4-5-10(14)6-11(9)15/h4-6,17H,7-8,16H2,1-3H3. The molecule has 0 aromatic heterocycles. The summed E-state index contributed by atoms with van der Waals surface area (Å²) in [6.45, 7) is 5.73. The zero-order chi connectivity index (χ0) is 13.3. The highest BCUT2D eigenvalue weighted by Gasteiger charge is 2.39. The van der Waals surface area contributed by atoms with Crippen molar-refractivity contribution in [2.75, 3.05) is 6.54 Å². The maximum absolute atomic E-state index is 13.7. The van der Waals surface area contributed by atoms with E-state index in [2.05, 4.69) is 0 Å². The van der Waals surface area contributed by atoms with Gasteiger partial charge in [-0.05, 0) is 23.1 Å². The van der Waals surface area contributed by atoms with Crippen LogP contribution in [0, 0.1) is 11.2 Å². The number of aliphatic hydroxyl groups is 1. The van der Waals surface area contributed by atoms with Gasteiger partial charge in [0.25, 0.3) is 0 Å². The topological polar surface area (TPSA) is 46.2 Å². The van der Waals surface area contributed by atoms with Crippen LogP contribution in [-0.2, 0) is 6.42 Å². The highest BCUT2D eigenvalue weighted by Crippen LogP contribution is 2.33. The summed E-state index contributed by atoms with van der Waals surface area (Å²) in [5, 5.41) is 10.8. The zero-order valence-electron chi connectivity index (χ0n) is 10.4. The molecule has 1 atom stereocenters. The molecule has 3 N–H and O–H groups in total. The first-order valence-electron chi connectivity index (χ1n) is 5.56. The molecule has 1 aromatic rings. The summed E-state index contributed by atoms with van der Waals surface area (Å²) in [4.78, 5) is 0. The Labute approximate surface area is 107 Å². The molecule has 0 heterocycles. The van der Waals surface area contributed by atoms with E-state index in [4.69, 9.17) is 17.3 Å². The summed E-state index contributed by atoms with van der Waals surface area (Å²) in [7, 11) is 0. The van der Waals surface area contributed by atoms with Gasteiger partial charge in [-0.25, -0.2) is 4.39 Å². The Kier molecular flexibility index (Phi) is 4.18. The molecule has 0 radical (unpaired) electrons. The van der Waals surface area contributed by atoms with Crippen LogP contribution in [-0.4, -0.2) is 17.3 Å². The van der Waals surface area contributed by atoms with Gasteiger partial charge >= 0.3 is 0 Å². The van der Waals surface area contributed by atoms with Crippen molar-refractivity contribution in [2.45, 2.75) is 32.8 Å². The van der Waals surface area contributed by atoms with Crippen molar-refractivity contribution < 1.29 is 9.50 Å². The minimum Gasteiger partial charge on any atom is -0.388 e. The van der Waals surface area contributed by atoms with Crippen molar-refractivity contribution >= 4 is 11.6 Å². The van der Waals surface area contributed by atoms with Crippen molar-refractivity contribution in [3.05, 3.63) is 34.6 Å². The predicted octanol–water partition coefficient (Wildman–Crippen LogP) is 2.76. The van der Waals surface area contributed by atoms with Gasteiger partial charge in [0, 0.05) is 18.0 Å². The first kappa shape index (κ1) is 14.4. The molecule has 0 fully saturated rings. The molecule has 0 bridgehead atoms. The lowest BCUT2D eigenvalue weighted by molar-refractivity contribution is -0.0495. The highest BCUT2D eigenvalue weighted by molar-refractivity contribution is 6.30. The molecule has 0 saturated carbocycles. The third-order valence-electron chi connectivity index (χ3n) is 3.23. The molecule has 17 heavy (non-hydrogen) atoms. The Bertz CT molecular complexity index is 403. The van der Waals surface area contributed by atoms with Gasteiger partial charge in [0.15, 0.2) is 0 Å². The fourth-order valence-electron chi connectivity index (χ4n) is 1.62. The molecule has 0 aliphatic heterocycles. The lowest BCUT2D eigenvalue weighted by Gasteiger charge is -2.39. The van der Waals surface area contributed by atoms with E-state index in [1.807, 2.05) is 20.8 Å². The Balaban J connectivity index is 3.03. The van der Waals surface area contributed by atoms with E-state index < -0.39 is 16.8 Å². The molecule has 0 spiro atoms. The van der Waals surface area contributed by atoms with E-state index >= 15 is 0 Å². The molecule has 1 rings (SSSR count). The fourth-order valence-corrected chi connectivity index (χ4v) is 1.78. The van der Waals surface area contributed by atoms with Gasteiger partial charge in [-0.2, -0.15) is 0 Å². The summed E-state index contributed by atoms with van der Waals surface area (Å²) in [6.07, 6.45) is 0.177. The molecular weight excluding hydrogens is 241 g/mol. The van der Waals surface area contributed by atoms with Gasteiger partial charge in [0.2, 0.25) is 0 Å². The van der Waals surface area contributed by atoms with Crippen LogP contribution in [0.3, 0.4) is 0 Å². The van der Waals surface area contributed by atoms with Crippen molar-refractivity contribution in [2.24, 2.45) is 11.1 Å². The summed E-state index contributed by atoms with van der Waals surface area (Å²) in [5.74, 6) is -0.409. The quantitative estimate of drug-likeness (QED) is 0.877. The van der Waals surface area contributed by atoms with Gasteiger partial charge in [0.05, 0.1) is 5.60 Å². The van der Waals surface area contributed by atoms with Gasteiger partial charge in [-0.15, -0.1) is 0 Å². The smallest absolute Gasteiger partial charge is 0.127 e. The molecule has 4 heteroatoms. The first-order chi connectivity index (χ1) is 7.69. The van der Waals surface area contributed by atoms with E-state index in [9.17, 15) is 9.50 Å². The van der Waals surface area contributed by atoms with E-state index in [1.165, 1.54) is 6.07 Å². The van der Waals surface area contributed by atoms with Crippen LogP contribution in [0.1, 0.15) is 26.3 Å². The second-order valence-electron chi connectivity index (χ2n) is 5.40. The van der Waals surface area contributed by atoms with E-state index in [0.717, 1.165) is 0 Å². The van der Waals surface area contributed by atoms with Crippen molar-refractivity contribution in [1.82, 2.24) is 0 Å². The number of hydrogen-bond acceptors (Lipinski definition) is 2. The lowest BCUT2D eigenvalue weighted by atomic mass is 9.73. The number of rotatable bonds is 3. The Hall–Kier alpha value is -0.640. The van der Waals surface area contributed by atoms with Crippen molar-refractivity contribution in [1.29, 1.82) is 0 Å². The van der Waals surface area contributed by atoms with Crippen molar-refractivity contribution in [3.8, 4) is 0 Å². The molecule has 1 unspecified atom stereocenters. The summed E-state index contributed by atoms with van der Waals surface area (Å²) >= 11 is 5.68. The number of benzene rings is 1. The number of hydrogen-bond donors (Lipinski definition) is 2. The second-order valence-corrected chi connectivity index (χ2v) is 5.83. The maximum atomic E-state index is 13.7. The monoisotopic (exact) mass is 259 g/mol. The Morgan fingerprint density at radius 3 is 2.35 bits per heavy atom. The summed E-state index contributed by atoms with van der Waals surface area (Å²) in [6, 6.07) is 4.44. The van der Waals surface area contributed by atoms with E-state index in [-0.39, 0.29) is 13.0 Å². The molecule has 2 nitrogen and oxygen atoms in total. The average Bonchev–Trinajstić information content (AvgIpc) is 2.20. The van der Waals surface area contributed by atoms with Crippen LogP contribution in [0.2, 0.25) is 5.02 Å². The number of nitrogens with two attached hydrogens (primary N) is 1. The van der Waals surface area contributed by atoms with Crippen LogP contribution >= 0.6 is 11.6 Å². The Morgan fingerprint density at radius 1 is 1.35 bits per heavy atom. The molecule has 1 aromatic carbocycles. The lowest BCUT2D eigenvalue weighted by Crippen LogP contribution is -2.51. The Morgan fingerprint density at radius 2 is 1.94 bits per heavy atom. The molecule has 0 amide bonds. The van der Waals surface area contributed by atoms with Gasteiger partial charge in [-0.3, -0.25) is 0 Å². The largest absolute Gasteiger partial charge is 0.388 e. The van der Waals surface area contributed by atoms with Crippen LogP contribution < -0.4 is 5.73 Å². The first-order valence-corrected chi connectivity index (χ1v) is 5.94. The molecule has 0 aliphatic rings. The van der Waals surface area contributed by atoms with Gasteiger partial charge < -0.3 is 10.8 Å². The van der Waals surface area contributed by atoms with Gasteiger partial charge in [-0.1, -0.05) is 38.4 Å². The SMILES string of the molecule is CC(C)(C)C(O)(CN)Cc1ccc(Cl)cc1F. The second kappa shape index (κ2) is 4.92. The maximum Gasteiger partial charge on any atom is 0.127 e. The predicted molar refractivity (Wildman–Crippen MR) is 68.6 cm³/mol. The van der Waals surface area contributed by atoms with Crippen molar-refractivity contribution in [3.63, 3.8) is 0 Å².